The van der Waals surface area contributed by atoms with Crippen LogP contribution in [-0.4, -0.2) is 25.6 Å². The van der Waals surface area contributed by atoms with Crippen LogP contribution in [0.4, 0.5) is 0 Å². The van der Waals surface area contributed by atoms with Gasteiger partial charge in [-0.25, -0.2) is 0 Å². The first-order valence-corrected chi connectivity index (χ1v) is 7.90. The third-order valence-electron chi connectivity index (χ3n) is 2.68. The molecule has 0 fully saturated rings. The van der Waals surface area contributed by atoms with Crippen LogP contribution >= 0.6 is 48.3 Å². The lowest BCUT2D eigenvalue weighted by molar-refractivity contribution is 0.925. The molecule has 0 aromatic heterocycles. The van der Waals surface area contributed by atoms with Gasteiger partial charge >= 0.3 is 0 Å². The molecule has 106 valence electrons. The number of benzene rings is 1. The smallest absolute Gasteiger partial charge is 0.0416 e. The molecule has 1 aromatic rings. The molecule has 0 aliphatic rings. The van der Waals surface area contributed by atoms with Crippen LogP contribution in [0.1, 0.15) is 21.6 Å². The van der Waals surface area contributed by atoms with Crippen molar-refractivity contribution < 1.29 is 0 Å². The summed E-state index contributed by atoms with van der Waals surface area (Å²) in [4.78, 5) is 0. The average Bonchev–Trinajstić information content (AvgIpc) is 2.34. The summed E-state index contributed by atoms with van der Waals surface area (Å²) in [7, 11) is 0. The highest BCUT2D eigenvalue weighted by atomic mass is 35.5. The van der Waals surface area contributed by atoms with Gasteiger partial charge in [0, 0.05) is 23.6 Å². The molecular weight excluding hydrogens is 307 g/mol. The number of thioether (sulfide) groups is 2. The zero-order valence-electron chi connectivity index (χ0n) is 10.7. The lowest BCUT2D eigenvalue weighted by Gasteiger charge is -2.15. The maximum atomic E-state index is 5.72. The van der Waals surface area contributed by atoms with Crippen molar-refractivity contribution in [1.29, 1.82) is 0 Å². The molecule has 0 bridgehead atoms. The van der Waals surface area contributed by atoms with Crippen LogP contribution in [-0.2, 0) is 0 Å². The largest absolute Gasteiger partial charge is 0.329 e. The van der Waals surface area contributed by atoms with Crippen molar-refractivity contribution in [3.05, 3.63) is 35.4 Å². The van der Waals surface area contributed by atoms with Crippen LogP contribution in [0.3, 0.4) is 0 Å². The minimum absolute atomic E-state index is 0. The number of halogens is 2. The molecule has 4 N–H and O–H groups in total. The molecule has 0 aliphatic heterocycles. The Morgan fingerprint density at radius 3 is 1.28 bits per heavy atom. The monoisotopic (exact) mass is 328 g/mol. The lowest BCUT2D eigenvalue weighted by Crippen LogP contribution is -2.10. The molecule has 2 atom stereocenters. The first-order valence-electron chi connectivity index (χ1n) is 5.32. The van der Waals surface area contributed by atoms with Gasteiger partial charge in [0.2, 0.25) is 0 Å². The Kier molecular flexibility index (Phi) is 13.0. The predicted octanol–water partition coefficient (Wildman–Crippen LogP) is 3.26. The maximum Gasteiger partial charge on any atom is 0.0416 e. The Hall–Kier alpha value is 0.420. The fraction of sp³-hybridized carbons (Fsp3) is 0.500. The van der Waals surface area contributed by atoms with Gasteiger partial charge in [-0.15, -0.1) is 24.8 Å². The van der Waals surface area contributed by atoms with Crippen LogP contribution in [0.2, 0.25) is 0 Å². The summed E-state index contributed by atoms with van der Waals surface area (Å²) >= 11 is 3.59. The summed E-state index contributed by atoms with van der Waals surface area (Å²) in [6.07, 6.45) is 4.19. The molecule has 0 saturated carbocycles. The molecule has 0 aliphatic carbocycles. The zero-order valence-corrected chi connectivity index (χ0v) is 13.9. The number of nitrogens with two attached hydrogens (primary N) is 2. The average molecular weight is 329 g/mol. The van der Waals surface area contributed by atoms with E-state index in [-0.39, 0.29) is 24.8 Å². The van der Waals surface area contributed by atoms with E-state index in [0.29, 0.717) is 23.6 Å². The van der Waals surface area contributed by atoms with E-state index >= 15 is 0 Å². The summed E-state index contributed by atoms with van der Waals surface area (Å²) in [6, 6.07) is 8.68. The molecule has 6 heteroatoms. The molecule has 0 amide bonds. The topological polar surface area (TPSA) is 52.0 Å². The van der Waals surface area contributed by atoms with Crippen molar-refractivity contribution >= 4 is 48.3 Å². The van der Waals surface area contributed by atoms with Gasteiger partial charge in [0.25, 0.3) is 0 Å². The van der Waals surface area contributed by atoms with E-state index < -0.39 is 0 Å². The minimum Gasteiger partial charge on any atom is -0.329 e. The van der Waals surface area contributed by atoms with Crippen LogP contribution in [0.15, 0.2) is 24.3 Å². The minimum atomic E-state index is 0. The predicted molar refractivity (Wildman–Crippen MR) is 91.6 cm³/mol. The van der Waals surface area contributed by atoms with Gasteiger partial charge in [-0.1, -0.05) is 24.3 Å². The van der Waals surface area contributed by atoms with Gasteiger partial charge in [-0.3, -0.25) is 0 Å². The third kappa shape index (κ3) is 5.59. The van der Waals surface area contributed by atoms with E-state index in [0.717, 1.165) is 0 Å². The molecule has 0 radical (unpaired) electrons. The van der Waals surface area contributed by atoms with Gasteiger partial charge in [-0.2, -0.15) is 23.5 Å². The highest BCUT2D eigenvalue weighted by Gasteiger charge is 2.10. The van der Waals surface area contributed by atoms with Gasteiger partial charge in [0.15, 0.2) is 0 Å². The Morgan fingerprint density at radius 1 is 0.833 bits per heavy atom. The van der Waals surface area contributed by atoms with Crippen LogP contribution in [0.5, 0.6) is 0 Å². The van der Waals surface area contributed by atoms with Crippen LogP contribution in [0, 0.1) is 0 Å². The Bertz CT molecular complexity index is 270. The second kappa shape index (κ2) is 11.3. The second-order valence-electron chi connectivity index (χ2n) is 3.59. The normalized spacial score (nSPS) is 13.1. The van der Waals surface area contributed by atoms with Crippen molar-refractivity contribution in [2.24, 2.45) is 11.5 Å². The molecule has 2 unspecified atom stereocenters. The lowest BCUT2D eigenvalue weighted by atomic mass is 10.1. The van der Waals surface area contributed by atoms with E-state index in [2.05, 4.69) is 36.8 Å². The first kappa shape index (κ1) is 20.7. The van der Waals surface area contributed by atoms with Crippen LogP contribution < -0.4 is 11.5 Å². The van der Waals surface area contributed by atoms with Crippen molar-refractivity contribution in [3.8, 4) is 0 Å². The van der Waals surface area contributed by atoms with Gasteiger partial charge in [0.1, 0.15) is 0 Å². The Morgan fingerprint density at radius 2 is 1.11 bits per heavy atom. The number of hydrogen-bond acceptors (Lipinski definition) is 4. The zero-order chi connectivity index (χ0) is 12.0. The Labute approximate surface area is 131 Å². The van der Waals surface area contributed by atoms with E-state index in [9.17, 15) is 0 Å². The Balaban J connectivity index is 0. The third-order valence-corrected chi connectivity index (χ3v) is 4.74. The summed E-state index contributed by atoms with van der Waals surface area (Å²) in [6.45, 7) is 1.37. The summed E-state index contributed by atoms with van der Waals surface area (Å²) < 4.78 is 0. The summed E-state index contributed by atoms with van der Waals surface area (Å²) in [5.74, 6) is 0. The van der Waals surface area contributed by atoms with Crippen molar-refractivity contribution in [2.45, 2.75) is 10.5 Å². The van der Waals surface area contributed by atoms with Crippen LogP contribution in [0.25, 0.3) is 0 Å². The SMILES string of the molecule is CSC(CN)c1ccc(C(CN)SC)cc1.Cl.Cl. The molecule has 1 aromatic carbocycles. The standard InChI is InChI=1S/C12H20N2S2.2ClH/c1-15-11(7-13)9-3-5-10(6-4-9)12(8-14)16-2;;/h3-6,11-12H,7-8,13-14H2,1-2H3;2*1H. The highest BCUT2D eigenvalue weighted by molar-refractivity contribution is 7.99. The first-order chi connectivity index (χ1) is 7.76. The van der Waals surface area contributed by atoms with Crippen molar-refractivity contribution in [3.63, 3.8) is 0 Å². The highest BCUT2D eigenvalue weighted by Crippen LogP contribution is 2.29. The fourth-order valence-electron chi connectivity index (χ4n) is 1.66. The van der Waals surface area contributed by atoms with Gasteiger partial charge < -0.3 is 11.5 Å². The van der Waals surface area contributed by atoms with E-state index in [1.54, 1.807) is 23.5 Å². The van der Waals surface area contributed by atoms with Crippen molar-refractivity contribution in [1.82, 2.24) is 0 Å². The number of rotatable bonds is 6. The molecule has 0 saturated heterocycles. The van der Waals surface area contributed by atoms with Gasteiger partial charge in [-0.05, 0) is 23.6 Å². The van der Waals surface area contributed by atoms with E-state index in [1.807, 2.05) is 0 Å². The maximum absolute atomic E-state index is 5.72. The molecule has 1 rings (SSSR count). The van der Waals surface area contributed by atoms with E-state index in [4.69, 9.17) is 11.5 Å². The number of hydrogen-bond donors (Lipinski definition) is 2. The quantitative estimate of drug-likeness (QED) is 0.841. The van der Waals surface area contributed by atoms with Gasteiger partial charge in [0.05, 0.1) is 0 Å². The second-order valence-corrected chi connectivity index (χ2v) is 5.67. The molecule has 0 heterocycles. The molecule has 18 heavy (non-hydrogen) atoms. The summed E-state index contributed by atoms with van der Waals surface area (Å²) in [5, 5.41) is 0.805. The molecular formula is C12H22Cl2N2S2. The fourth-order valence-corrected chi connectivity index (χ4v) is 2.91. The molecule has 0 spiro atoms. The van der Waals surface area contributed by atoms with Crippen molar-refractivity contribution in [2.75, 3.05) is 25.6 Å². The van der Waals surface area contributed by atoms with E-state index in [1.165, 1.54) is 11.1 Å². The summed E-state index contributed by atoms with van der Waals surface area (Å²) in [5.41, 5.74) is 14.0. The molecule has 2 nitrogen and oxygen atoms in total.